The van der Waals surface area contributed by atoms with E-state index in [4.69, 9.17) is 23.2 Å². The second-order valence-corrected chi connectivity index (χ2v) is 4.15. The molecular formula is C11H5Cl2F3N2. The van der Waals surface area contributed by atoms with E-state index < -0.39 is 23.0 Å². The van der Waals surface area contributed by atoms with Gasteiger partial charge in [-0.05, 0) is 35.9 Å². The Hall–Kier alpha value is -1.33. The summed E-state index contributed by atoms with van der Waals surface area (Å²) >= 11 is 11.0. The van der Waals surface area contributed by atoms with Crippen molar-refractivity contribution < 1.29 is 13.2 Å². The summed E-state index contributed by atoms with van der Waals surface area (Å²) in [4.78, 5) is 6.91. The molecule has 2 aromatic rings. The molecule has 2 nitrogen and oxygen atoms in total. The van der Waals surface area contributed by atoms with E-state index in [1.807, 2.05) is 0 Å². The van der Waals surface area contributed by atoms with Gasteiger partial charge in [0, 0.05) is 11.6 Å². The number of alkyl halides is 2. The molecule has 0 atom stereocenters. The zero-order chi connectivity index (χ0) is 13.3. The van der Waals surface area contributed by atoms with E-state index in [9.17, 15) is 13.2 Å². The van der Waals surface area contributed by atoms with Gasteiger partial charge in [0.15, 0.2) is 0 Å². The summed E-state index contributed by atoms with van der Waals surface area (Å²) in [6, 6.07) is 4.73. The van der Waals surface area contributed by atoms with Gasteiger partial charge < -0.3 is 0 Å². The largest absolute Gasteiger partial charge is 0.315 e. The fourth-order valence-corrected chi connectivity index (χ4v) is 1.77. The van der Waals surface area contributed by atoms with Crippen LogP contribution in [0.3, 0.4) is 0 Å². The minimum atomic E-state index is -3.43. The number of aromatic nitrogens is 2. The predicted molar refractivity (Wildman–Crippen MR) is 61.4 cm³/mol. The zero-order valence-electron chi connectivity index (χ0n) is 8.67. The monoisotopic (exact) mass is 292 g/mol. The lowest BCUT2D eigenvalue weighted by molar-refractivity contribution is 0.0378. The minimum absolute atomic E-state index is 0.188. The van der Waals surface area contributed by atoms with E-state index in [0.29, 0.717) is 0 Å². The van der Waals surface area contributed by atoms with Crippen LogP contribution in [-0.2, 0) is 5.92 Å². The molecule has 0 radical (unpaired) electrons. The fraction of sp³-hybridized carbons (Fsp3) is 0.0909. The number of halogens is 5. The highest BCUT2D eigenvalue weighted by Gasteiger charge is 2.36. The Bertz CT molecular complexity index is 553. The molecular weight excluding hydrogens is 288 g/mol. The maximum Gasteiger partial charge on any atom is 0.315 e. The standard InChI is InChI=1S/C11H5Cl2F3N2/c12-9-5-8(17-10(13)18-9)11(15,16)6-1-3-7(14)4-2-6/h1-5H. The van der Waals surface area contributed by atoms with Crippen LogP contribution in [0.15, 0.2) is 30.3 Å². The summed E-state index contributed by atoms with van der Waals surface area (Å²) in [5.74, 6) is -4.03. The van der Waals surface area contributed by atoms with E-state index >= 15 is 0 Å². The number of rotatable bonds is 2. The van der Waals surface area contributed by atoms with E-state index in [1.54, 1.807) is 0 Å². The quantitative estimate of drug-likeness (QED) is 0.616. The minimum Gasteiger partial charge on any atom is -0.216 e. The Morgan fingerprint density at radius 1 is 1.00 bits per heavy atom. The van der Waals surface area contributed by atoms with Gasteiger partial charge in [-0.1, -0.05) is 11.6 Å². The molecule has 0 saturated heterocycles. The van der Waals surface area contributed by atoms with Crippen LogP contribution in [0.5, 0.6) is 0 Å². The molecule has 0 aliphatic rings. The molecule has 7 heteroatoms. The predicted octanol–water partition coefficient (Wildman–Crippen LogP) is 4.06. The van der Waals surface area contributed by atoms with Crippen LogP contribution in [0.2, 0.25) is 10.4 Å². The van der Waals surface area contributed by atoms with Crippen molar-refractivity contribution in [1.29, 1.82) is 0 Å². The van der Waals surface area contributed by atoms with Crippen LogP contribution in [0.4, 0.5) is 13.2 Å². The first-order chi connectivity index (χ1) is 8.39. The maximum atomic E-state index is 14.0. The third-order valence-corrected chi connectivity index (χ3v) is 2.56. The summed E-state index contributed by atoms with van der Waals surface area (Å²) in [7, 11) is 0. The molecule has 0 unspecified atom stereocenters. The molecule has 1 aromatic heterocycles. The molecule has 0 aliphatic heterocycles. The fourth-order valence-electron chi connectivity index (χ4n) is 1.36. The van der Waals surface area contributed by atoms with E-state index in [2.05, 4.69) is 9.97 Å². The molecule has 1 heterocycles. The van der Waals surface area contributed by atoms with Crippen molar-refractivity contribution in [2.24, 2.45) is 0 Å². The summed E-state index contributed by atoms with van der Waals surface area (Å²) < 4.78 is 40.8. The average molecular weight is 293 g/mol. The SMILES string of the molecule is Fc1ccc(C(F)(F)c2cc(Cl)nc(Cl)n2)cc1. The van der Waals surface area contributed by atoms with Gasteiger partial charge in [-0.15, -0.1) is 0 Å². The number of nitrogens with zero attached hydrogens (tertiary/aromatic N) is 2. The molecule has 94 valence electrons. The molecule has 0 amide bonds. The van der Waals surface area contributed by atoms with Crippen LogP contribution < -0.4 is 0 Å². The van der Waals surface area contributed by atoms with Gasteiger partial charge in [0.25, 0.3) is 0 Å². The highest BCUT2D eigenvalue weighted by atomic mass is 35.5. The lowest BCUT2D eigenvalue weighted by atomic mass is 10.1. The van der Waals surface area contributed by atoms with E-state index in [0.717, 1.165) is 30.3 Å². The normalized spacial score (nSPS) is 11.6. The molecule has 0 fully saturated rings. The number of benzene rings is 1. The van der Waals surface area contributed by atoms with E-state index in [1.165, 1.54) is 0 Å². The van der Waals surface area contributed by atoms with Crippen LogP contribution in [-0.4, -0.2) is 9.97 Å². The van der Waals surface area contributed by atoms with Gasteiger partial charge in [-0.3, -0.25) is 0 Å². The molecule has 0 saturated carbocycles. The van der Waals surface area contributed by atoms with Gasteiger partial charge in [0.1, 0.15) is 16.7 Å². The first kappa shape index (κ1) is 13.1. The Kier molecular flexibility index (Phi) is 3.45. The van der Waals surface area contributed by atoms with Crippen LogP contribution in [0.25, 0.3) is 0 Å². The second kappa shape index (κ2) is 4.74. The summed E-state index contributed by atoms with van der Waals surface area (Å²) in [6.07, 6.45) is 0. The molecule has 1 aromatic carbocycles. The van der Waals surface area contributed by atoms with Crippen molar-refractivity contribution in [2.45, 2.75) is 5.92 Å². The second-order valence-electron chi connectivity index (χ2n) is 3.43. The van der Waals surface area contributed by atoms with Crippen molar-refractivity contribution in [1.82, 2.24) is 9.97 Å². The average Bonchev–Trinajstić information content (AvgIpc) is 2.28. The third-order valence-electron chi connectivity index (χ3n) is 2.20. The molecule has 0 N–H and O–H groups in total. The maximum absolute atomic E-state index is 14.0. The van der Waals surface area contributed by atoms with E-state index in [-0.39, 0.29) is 10.4 Å². The highest BCUT2D eigenvalue weighted by Crippen LogP contribution is 2.35. The molecule has 18 heavy (non-hydrogen) atoms. The molecule has 0 aliphatic carbocycles. The van der Waals surface area contributed by atoms with Crippen molar-refractivity contribution in [2.75, 3.05) is 0 Å². The van der Waals surface area contributed by atoms with Crippen LogP contribution in [0, 0.1) is 5.82 Å². The highest BCUT2D eigenvalue weighted by molar-refractivity contribution is 6.31. The van der Waals surface area contributed by atoms with Crippen LogP contribution >= 0.6 is 23.2 Å². The lowest BCUT2D eigenvalue weighted by Crippen LogP contribution is -2.17. The Morgan fingerprint density at radius 3 is 2.17 bits per heavy atom. The van der Waals surface area contributed by atoms with Crippen molar-refractivity contribution in [3.63, 3.8) is 0 Å². The number of hydrogen-bond donors (Lipinski definition) is 0. The Balaban J connectivity index is 2.49. The van der Waals surface area contributed by atoms with Gasteiger partial charge in [-0.25, -0.2) is 14.4 Å². The van der Waals surface area contributed by atoms with Gasteiger partial charge in [-0.2, -0.15) is 8.78 Å². The summed E-state index contributed by atoms with van der Waals surface area (Å²) in [5.41, 5.74) is -1.05. The topological polar surface area (TPSA) is 25.8 Å². The first-order valence-electron chi connectivity index (χ1n) is 4.74. The summed E-state index contributed by atoms with van der Waals surface area (Å²) in [5, 5.41) is -0.564. The van der Waals surface area contributed by atoms with Gasteiger partial charge >= 0.3 is 5.92 Å². The van der Waals surface area contributed by atoms with Gasteiger partial charge in [0.2, 0.25) is 5.28 Å². The molecule has 0 bridgehead atoms. The Labute approximate surface area is 110 Å². The summed E-state index contributed by atoms with van der Waals surface area (Å²) in [6.45, 7) is 0. The van der Waals surface area contributed by atoms with Crippen molar-refractivity contribution in [3.05, 3.63) is 57.8 Å². The molecule has 2 rings (SSSR count). The number of hydrogen-bond acceptors (Lipinski definition) is 2. The van der Waals surface area contributed by atoms with Crippen molar-refractivity contribution in [3.8, 4) is 0 Å². The molecule has 0 spiro atoms. The van der Waals surface area contributed by atoms with Gasteiger partial charge in [0.05, 0.1) is 0 Å². The van der Waals surface area contributed by atoms with Crippen LogP contribution in [0.1, 0.15) is 11.3 Å². The van der Waals surface area contributed by atoms with Crippen molar-refractivity contribution >= 4 is 23.2 Å². The smallest absolute Gasteiger partial charge is 0.216 e. The Morgan fingerprint density at radius 2 is 1.61 bits per heavy atom. The first-order valence-corrected chi connectivity index (χ1v) is 5.49. The third kappa shape index (κ3) is 2.57. The zero-order valence-corrected chi connectivity index (χ0v) is 10.2. The lowest BCUT2D eigenvalue weighted by Gasteiger charge is -2.16.